The molecule has 1 aliphatic heterocycles. The van der Waals surface area contributed by atoms with Crippen LogP contribution in [0.4, 0.5) is 0 Å². The molecule has 0 radical (unpaired) electrons. The topological polar surface area (TPSA) is 79.7 Å². The fraction of sp³-hybridized carbons (Fsp3) is 0.462. The van der Waals surface area contributed by atoms with E-state index in [1.165, 1.54) is 12.0 Å². The summed E-state index contributed by atoms with van der Waals surface area (Å²) >= 11 is 0. The number of carboxylic acid groups (broad SMARTS) is 1. The van der Waals surface area contributed by atoms with Gasteiger partial charge in [0.05, 0.1) is 19.1 Å². The van der Waals surface area contributed by atoms with Gasteiger partial charge >= 0.3 is 5.97 Å². The number of piperidine rings is 1. The molecule has 1 N–H and O–H groups in total. The van der Waals surface area contributed by atoms with Crippen LogP contribution in [0, 0.1) is 5.92 Å². The lowest BCUT2D eigenvalue weighted by molar-refractivity contribution is -0.150. The van der Waals surface area contributed by atoms with E-state index in [-0.39, 0.29) is 12.3 Å². The molecule has 102 valence electrons. The van der Waals surface area contributed by atoms with Crippen LogP contribution in [0.3, 0.4) is 0 Å². The molecule has 0 spiro atoms. The third-order valence-corrected chi connectivity index (χ3v) is 3.49. The third kappa shape index (κ3) is 2.52. The van der Waals surface area contributed by atoms with E-state index in [2.05, 4.69) is 4.98 Å². The maximum absolute atomic E-state index is 11.8. The van der Waals surface area contributed by atoms with Gasteiger partial charge in [-0.1, -0.05) is 6.07 Å². The van der Waals surface area contributed by atoms with Crippen molar-refractivity contribution in [3.8, 4) is 5.88 Å². The van der Waals surface area contributed by atoms with Crippen LogP contribution < -0.4 is 4.74 Å². The molecule has 2 heterocycles. The Morgan fingerprint density at radius 2 is 2.26 bits per heavy atom. The van der Waals surface area contributed by atoms with Crippen molar-refractivity contribution >= 4 is 11.9 Å². The molecule has 1 amide bonds. The predicted octanol–water partition coefficient (Wildman–Crippen LogP) is 1.08. The van der Waals surface area contributed by atoms with Crippen LogP contribution >= 0.6 is 0 Å². The first kappa shape index (κ1) is 13.3. The fourth-order valence-corrected chi connectivity index (χ4v) is 2.44. The number of carboxylic acids is 1. The molecule has 6 heteroatoms. The average molecular weight is 264 g/mol. The summed E-state index contributed by atoms with van der Waals surface area (Å²) in [7, 11) is 3.14. The molecule has 2 rings (SSSR count). The van der Waals surface area contributed by atoms with Crippen LogP contribution in [0.25, 0.3) is 0 Å². The van der Waals surface area contributed by atoms with E-state index in [4.69, 9.17) is 4.74 Å². The van der Waals surface area contributed by atoms with E-state index < -0.39 is 17.9 Å². The molecule has 0 aromatic carbocycles. The Balaban J connectivity index is 2.34. The molecule has 0 aliphatic carbocycles. The van der Waals surface area contributed by atoms with Gasteiger partial charge in [0.1, 0.15) is 0 Å². The quantitative estimate of drug-likeness (QED) is 0.883. The number of hydrogen-bond donors (Lipinski definition) is 1. The first-order valence-corrected chi connectivity index (χ1v) is 6.03. The number of ether oxygens (including phenoxy) is 1. The van der Waals surface area contributed by atoms with Crippen molar-refractivity contribution in [2.75, 3.05) is 14.2 Å². The Morgan fingerprint density at radius 1 is 1.53 bits per heavy atom. The maximum Gasteiger partial charge on any atom is 0.308 e. The molecular weight excluding hydrogens is 248 g/mol. The van der Waals surface area contributed by atoms with Crippen LogP contribution in [0.2, 0.25) is 0 Å². The molecule has 1 saturated heterocycles. The van der Waals surface area contributed by atoms with Gasteiger partial charge in [-0.25, -0.2) is 4.98 Å². The Bertz CT molecular complexity index is 486. The van der Waals surface area contributed by atoms with E-state index in [0.29, 0.717) is 17.9 Å². The molecule has 1 aromatic heterocycles. The summed E-state index contributed by atoms with van der Waals surface area (Å²) in [6, 6.07) is 2.94. The zero-order chi connectivity index (χ0) is 14.0. The Morgan fingerprint density at radius 3 is 2.79 bits per heavy atom. The number of pyridine rings is 1. The Labute approximate surface area is 111 Å². The minimum absolute atomic E-state index is 0.0432. The molecule has 6 nitrogen and oxygen atoms in total. The van der Waals surface area contributed by atoms with E-state index in [1.54, 1.807) is 25.4 Å². The lowest BCUT2D eigenvalue weighted by atomic mass is 9.85. The number of carbonyl (C=O) groups is 2. The highest BCUT2D eigenvalue weighted by atomic mass is 16.5. The summed E-state index contributed by atoms with van der Waals surface area (Å²) in [6.07, 6.45) is 2.19. The molecule has 1 aliphatic rings. The Kier molecular flexibility index (Phi) is 3.69. The van der Waals surface area contributed by atoms with Gasteiger partial charge in [0, 0.05) is 25.7 Å². The van der Waals surface area contributed by atoms with Gasteiger partial charge in [0.25, 0.3) is 0 Å². The Hall–Kier alpha value is -2.11. The fourth-order valence-electron chi connectivity index (χ4n) is 2.44. The van der Waals surface area contributed by atoms with Crippen LogP contribution in [0.15, 0.2) is 18.3 Å². The van der Waals surface area contributed by atoms with E-state index >= 15 is 0 Å². The minimum Gasteiger partial charge on any atom is -0.481 e. The largest absolute Gasteiger partial charge is 0.481 e. The summed E-state index contributed by atoms with van der Waals surface area (Å²) in [5.41, 5.74) is 0.712. The molecule has 0 saturated carbocycles. The lowest BCUT2D eigenvalue weighted by Gasteiger charge is -2.37. The molecule has 1 fully saturated rings. The van der Waals surface area contributed by atoms with Crippen molar-refractivity contribution in [2.45, 2.75) is 18.9 Å². The van der Waals surface area contributed by atoms with Gasteiger partial charge in [-0.3, -0.25) is 9.59 Å². The molecular formula is C13H16N2O4. The standard InChI is InChI=1S/C13H16N2O4/c1-15-11(16)6-4-9(13(17)18)12(15)8-3-5-10(19-2)14-7-8/h3,5,7,9,12H,4,6H2,1-2H3,(H,17,18). The second-order valence-corrected chi connectivity index (χ2v) is 4.57. The smallest absolute Gasteiger partial charge is 0.308 e. The highest BCUT2D eigenvalue weighted by Crippen LogP contribution is 2.35. The number of methoxy groups -OCH3 is 1. The predicted molar refractivity (Wildman–Crippen MR) is 66.7 cm³/mol. The van der Waals surface area contributed by atoms with Crippen LogP contribution in [-0.4, -0.2) is 41.0 Å². The zero-order valence-corrected chi connectivity index (χ0v) is 10.9. The van der Waals surface area contributed by atoms with Gasteiger partial charge in [0.15, 0.2) is 0 Å². The monoisotopic (exact) mass is 264 g/mol. The summed E-state index contributed by atoms with van der Waals surface area (Å²) < 4.78 is 4.97. The van der Waals surface area contributed by atoms with Gasteiger partial charge < -0.3 is 14.7 Å². The molecule has 0 bridgehead atoms. The number of amides is 1. The number of hydrogen-bond acceptors (Lipinski definition) is 4. The lowest BCUT2D eigenvalue weighted by Crippen LogP contribution is -2.43. The van der Waals surface area contributed by atoms with Crippen LogP contribution in [-0.2, 0) is 9.59 Å². The number of aromatic nitrogens is 1. The van der Waals surface area contributed by atoms with Crippen molar-refractivity contribution < 1.29 is 19.4 Å². The highest BCUT2D eigenvalue weighted by molar-refractivity contribution is 5.81. The number of likely N-dealkylation sites (tertiary alicyclic amines) is 1. The van der Waals surface area contributed by atoms with Gasteiger partial charge in [-0.2, -0.15) is 0 Å². The van der Waals surface area contributed by atoms with E-state index in [0.717, 1.165) is 0 Å². The zero-order valence-electron chi connectivity index (χ0n) is 10.9. The first-order valence-electron chi connectivity index (χ1n) is 6.03. The number of nitrogens with zero attached hydrogens (tertiary/aromatic N) is 2. The van der Waals surface area contributed by atoms with E-state index in [9.17, 15) is 14.7 Å². The van der Waals surface area contributed by atoms with E-state index in [1.807, 2.05) is 0 Å². The van der Waals surface area contributed by atoms with Crippen molar-refractivity contribution in [2.24, 2.45) is 5.92 Å². The van der Waals surface area contributed by atoms with Crippen LogP contribution in [0.1, 0.15) is 24.4 Å². The molecule has 19 heavy (non-hydrogen) atoms. The molecule has 1 aromatic rings. The third-order valence-electron chi connectivity index (χ3n) is 3.49. The first-order chi connectivity index (χ1) is 9.04. The van der Waals surface area contributed by atoms with Gasteiger partial charge in [-0.15, -0.1) is 0 Å². The maximum atomic E-state index is 11.8. The molecule has 2 atom stereocenters. The normalized spacial score (nSPS) is 23.3. The van der Waals surface area contributed by atoms with Gasteiger partial charge in [0.2, 0.25) is 11.8 Å². The van der Waals surface area contributed by atoms with Crippen molar-refractivity contribution in [1.29, 1.82) is 0 Å². The van der Waals surface area contributed by atoms with Crippen LogP contribution in [0.5, 0.6) is 5.88 Å². The minimum atomic E-state index is -0.889. The highest BCUT2D eigenvalue weighted by Gasteiger charge is 2.38. The number of aliphatic carboxylic acids is 1. The van der Waals surface area contributed by atoms with Crippen molar-refractivity contribution in [1.82, 2.24) is 9.88 Å². The summed E-state index contributed by atoms with van der Waals surface area (Å²) in [5.74, 6) is -1.07. The van der Waals surface area contributed by atoms with Gasteiger partial charge in [-0.05, 0) is 12.0 Å². The SMILES string of the molecule is COc1ccc(C2C(C(=O)O)CCC(=O)N2C)cn1. The average Bonchev–Trinajstić information content (AvgIpc) is 2.41. The number of rotatable bonds is 3. The summed E-state index contributed by atoms with van der Waals surface area (Å²) in [6.45, 7) is 0. The van der Waals surface area contributed by atoms with Crippen molar-refractivity contribution in [3.05, 3.63) is 23.9 Å². The van der Waals surface area contributed by atoms with Crippen molar-refractivity contribution in [3.63, 3.8) is 0 Å². The summed E-state index contributed by atoms with van der Waals surface area (Å²) in [4.78, 5) is 28.7. The molecule has 2 unspecified atom stereocenters. The summed E-state index contributed by atoms with van der Waals surface area (Å²) in [5, 5.41) is 9.29. The number of carbonyl (C=O) groups excluding carboxylic acids is 1. The second kappa shape index (κ2) is 5.26. The second-order valence-electron chi connectivity index (χ2n) is 4.57.